The number of halogens is 1. The van der Waals surface area contributed by atoms with Crippen LogP contribution in [-0.4, -0.2) is 11.1 Å². The number of rotatable bonds is 3. The van der Waals surface area contributed by atoms with E-state index >= 15 is 0 Å². The van der Waals surface area contributed by atoms with Gasteiger partial charge in [-0.2, -0.15) is 0 Å². The largest absolute Gasteiger partial charge is 0.480 e. The summed E-state index contributed by atoms with van der Waals surface area (Å²) in [7, 11) is 0. The van der Waals surface area contributed by atoms with Crippen molar-refractivity contribution in [1.82, 2.24) is 0 Å². The highest BCUT2D eigenvalue weighted by molar-refractivity contribution is 6.31. The third kappa shape index (κ3) is 2.08. The molecule has 0 saturated carbocycles. The van der Waals surface area contributed by atoms with Gasteiger partial charge in [-0.1, -0.05) is 25.4 Å². The molecule has 1 atom stereocenters. The Labute approximate surface area is 86.6 Å². The number of aliphatic carboxylic acids is 1. The number of furan rings is 1. The molecule has 0 radical (unpaired) electrons. The molecular weight excluding hydrogens is 206 g/mol. The maximum Gasteiger partial charge on any atom is 0.328 e. The van der Waals surface area contributed by atoms with Gasteiger partial charge < -0.3 is 15.3 Å². The fourth-order valence-corrected chi connectivity index (χ4v) is 1.43. The highest BCUT2D eigenvalue weighted by Crippen LogP contribution is 2.29. The highest BCUT2D eigenvalue weighted by atomic mass is 35.5. The van der Waals surface area contributed by atoms with E-state index in [0.29, 0.717) is 10.8 Å². The van der Waals surface area contributed by atoms with Crippen molar-refractivity contribution in [3.63, 3.8) is 0 Å². The van der Waals surface area contributed by atoms with E-state index in [1.165, 1.54) is 6.07 Å². The minimum atomic E-state index is -1.15. The topological polar surface area (TPSA) is 76.5 Å². The number of hydrogen-bond acceptors (Lipinski definition) is 3. The fraction of sp³-hybridized carbons (Fsp3) is 0.444. The van der Waals surface area contributed by atoms with Gasteiger partial charge in [-0.05, 0) is 0 Å². The van der Waals surface area contributed by atoms with E-state index in [4.69, 9.17) is 26.9 Å². The number of nitrogens with two attached hydrogens (primary N) is 1. The van der Waals surface area contributed by atoms with Crippen LogP contribution in [0, 0.1) is 0 Å². The first-order valence-corrected chi connectivity index (χ1v) is 4.58. The van der Waals surface area contributed by atoms with Gasteiger partial charge in [-0.15, -0.1) is 0 Å². The lowest BCUT2D eigenvalue weighted by molar-refractivity contribution is -0.139. The molecule has 0 fully saturated rings. The van der Waals surface area contributed by atoms with Gasteiger partial charge in [-0.25, -0.2) is 0 Å². The van der Waals surface area contributed by atoms with E-state index in [9.17, 15) is 4.79 Å². The zero-order valence-electron chi connectivity index (χ0n) is 7.95. The average Bonchev–Trinajstić information content (AvgIpc) is 2.45. The number of carbonyl (C=O) groups is 1. The van der Waals surface area contributed by atoms with Gasteiger partial charge in [0.05, 0.1) is 5.02 Å². The fourth-order valence-electron chi connectivity index (χ4n) is 1.07. The Morgan fingerprint density at radius 3 is 2.57 bits per heavy atom. The van der Waals surface area contributed by atoms with Crippen molar-refractivity contribution in [1.29, 1.82) is 0 Å². The van der Waals surface area contributed by atoms with Crippen molar-refractivity contribution in [2.24, 2.45) is 5.73 Å². The van der Waals surface area contributed by atoms with Crippen molar-refractivity contribution in [3.05, 3.63) is 22.6 Å². The molecule has 5 heteroatoms. The molecule has 1 aromatic rings. The summed E-state index contributed by atoms with van der Waals surface area (Å²) in [5.74, 6) is -0.271. The van der Waals surface area contributed by atoms with Gasteiger partial charge in [0, 0.05) is 12.0 Å². The van der Waals surface area contributed by atoms with Crippen molar-refractivity contribution < 1.29 is 14.3 Å². The van der Waals surface area contributed by atoms with Crippen LogP contribution in [0.4, 0.5) is 0 Å². The second-order valence-electron chi connectivity index (χ2n) is 3.33. The zero-order valence-corrected chi connectivity index (χ0v) is 8.71. The van der Waals surface area contributed by atoms with E-state index in [-0.39, 0.29) is 11.7 Å². The lowest BCUT2D eigenvalue weighted by Crippen LogP contribution is -2.19. The van der Waals surface area contributed by atoms with Crippen LogP contribution in [0.5, 0.6) is 0 Å². The van der Waals surface area contributed by atoms with Crippen molar-refractivity contribution in [3.8, 4) is 0 Å². The van der Waals surface area contributed by atoms with Gasteiger partial charge in [0.2, 0.25) is 0 Å². The van der Waals surface area contributed by atoms with E-state index < -0.39 is 12.0 Å². The molecule has 4 nitrogen and oxygen atoms in total. The third-order valence-corrected chi connectivity index (χ3v) is 2.12. The van der Waals surface area contributed by atoms with Crippen LogP contribution in [0.3, 0.4) is 0 Å². The van der Waals surface area contributed by atoms with E-state index in [1.807, 2.05) is 13.8 Å². The van der Waals surface area contributed by atoms with Gasteiger partial charge in [-0.3, -0.25) is 4.79 Å². The molecule has 0 aliphatic carbocycles. The lowest BCUT2D eigenvalue weighted by atomic mass is 10.1. The summed E-state index contributed by atoms with van der Waals surface area (Å²) >= 11 is 5.85. The van der Waals surface area contributed by atoms with Crippen LogP contribution in [0.15, 0.2) is 10.5 Å². The van der Waals surface area contributed by atoms with Gasteiger partial charge in [0.25, 0.3) is 0 Å². The molecule has 1 rings (SSSR count). The first-order valence-electron chi connectivity index (χ1n) is 4.21. The Kier molecular flexibility index (Phi) is 3.18. The molecule has 1 unspecified atom stereocenters. The first-order chi connectivity index (χ1) is 6.43. The summed E-state index contributed by atoms with van der Waals surface area (Å²) in [4.78, 5) is 10.6. The molecular formula is C9H12ClNO3. The Hall–Kier alpha value is -1.00. The van der Waals surface area contributed by atoms with Gasteiger partial charge in [0.15, 0.2) is 6.04 Å². The molecule has 1 aromatic heterocycles. The predicted octanol–water partition coefficient (Wildman–Crippen LogP) is 2.14. The van der Waals surface area contributed by atoms with Crippen LogP contribution in [0.25, 0.3) is 0 Å². The Morgan fingerprint density at radius 2 is 2.21 bits per heavy atom. The van der Waals surface area contributed by atoms with E-state index in [2.05, 4.69) is 0 Å². The second-order valence-corrected chi connectivity index (χ2v) is 3.74. The molecule has 0 amide bonds. The monoisotopic (exact) mass is 217 g/mol. The Bertz CT molecular complexity index is 346. The molecule has 0 aliphatic rings. The molecule has 0 aliphatic heterocycles. The average molecular weight is 218 g/mol. The summed E-state index contributed by atoms with van der Waals surface area (Å²) in [5.41, 5.74) is 5.37. The molecule has 78 valence electrons. The quantitative estimate of drug-likeness (QED) is 0.813. The van der Waals surface area contributed by atoms with Crippen LogP contribution < -0.4 is 5.73 Å². The minimum absolute atomic E-state index is 0.109. The van der Waals surface area contributed by atoms with Crippen molar-refractivity contribution in [2.75, 3.05) is 0 Å². The standard InChI is InChI=1S/C9H12ClNO3/c1-4(2)8-5(10)3-6(14-8)7(11)9(12)13/h3-4,7H,11H2,1-2H3,(H,12,13). The van der Waals surface area contributed by atoms with Crippen molar-refractivity contribution in [2.45, 2.75) is 25.8 Å². The lowest BCUT2D eigenvalue weighted by Gasteiger charge is -2.02. The highest BCUT2D eigenvalue weighted by Gasteiger charge is 2.21. The van der Waals surface area contributed by atoms with Gasteiger partial charge >= 0.3 is 5.97 Å². The molecule has 3 N–H and O–H groups in total. The van der Waals surface area contributed by atoms with Gasteiger partial charge in [0.1, 0.15) is 11.5 Å². The van der Waals surface area contributed by atoms with Crippen LogP contribution in [0.2, 0.25) is 5.02 Å². The Morgan fingerprint density at radius 1 is 1.64 bits per heavy atom. The summed E-state index contributed by atoms with van der Waals surface area (Å²) in [6, 6.07) is 0.301. The van der Waals surface area contributed by atoms with E-state index in [1.54, 1.807) is 0 Å². The summed E-state index contributed by atoms with van der Waals surface area (Å²) in [6.45, 7) is 3.81. The third-order valence-electron chi connectivity index (χ3n) is 1.83. The maximum absolute atomic E-state index is 10.6. The van der Waals surface area contributed by atoms with Crippen LogP contribution in [-0.2, 0) is 4.79 Å². The molecule has 0 aromatic carbocycles. The number of carboxylic acid groups (broad SMARTS) is 1. The molecule has 0 saturated heterocycles. The number of hydrogen-bond donors (Lipinski definition) is 2. The predicted molar refractivity (Wildman–Crippen MR) is 52.4 cm³/mol. The second kappa shape index (κ2) is 4.02. The van der Waals surface area contributed by atoms with Crippen molar-refractivity contribution >= 4 is 17.6 Å². The first kappa shape index (κ1) is 11.1. The molecule has 0 spiro atoms. The molecule has 14 heavy (non-hydrogen) atoms. The summed E-state index contributed by atoms with van der Waals surface area (Å²) in [6.07, 6.45) is 0. The van der Waals surface area contributed by atoms with Crippen LogP contribution in [0.1, 0.15) is 37.3 Å². The smallest absolute Gasteiger partial charge is 0.328 e. The maximum atomic E-state index is 10.6. The number of carboxylic acids is 1. The molecule has 1 heterocycles. The zero-order chi connectivity index (χ0) is 10.9. The summed E-state index contributed by atoms with van der Waals surface area (Å²) < 4.78 is 5.26. The minimum Gasteiger partial charge on any atom is -0.480 e. The summed E-state index contributed by atoms with van der Waals surface area (Å²) in [5, 5.41) is 9.07. The van der Waals surface area contributed by atoms with E-state index in [0.717, 1.165) is 0 Å². The SMILES string of the molecule is CC(C)c1oc(C(N)C(=O)O)cc1Cl. The normalized spacial score (nSPS) is 13.2. The van der Waals surface area contributed by atoms with Crippen LogP contribution >= 0.6 is 11.6 Å². The molecule has 0 bridgehead atoms. The Balaban J connectivity index is 3.02.